The van der Waals surface area contributed by atoms with Gasteiger partial charge in [-0.3, -0.25) is 14.4 Å². The smallest absolute Gasteiger partial charge is 0.325 e. The number of nitrogens with one attached hydrogen (secondary N) is 1. The van der Waals surface area contributed by atoms with Gasteiger partial charge in [-0.25, -0.2) is 0 Å². The number of hydrogen-bond acceptors (Lipinski definition) is 15. The highest BCUT2D eigenvalue weighted by molar-refractivity contribution is 5.88. The Morgan fingerprint density at radius 2 is 0.720 bits per heavy atom. The van der Waals surface area contributed by atoms with Gasteiger partial charge in [0, 0.05) is 25.9 Å². The lowest BCUT2D eigenvalue weighted by Crippen LogP contribution is -2.41. The molecule has 0 radical (unpaired) electrons. The first-order valence-electron chi connectivity index (χ1n) is 17.3. The maximum Gasteiger partial charge on any atom is 0.325 e. The van der Waals surface area contributed by atoms with Crippen LogP contribution in [0.2, 0.25) is 0 Å². The van der Waals surface area contributed by atoms with Crippen LogP contribution in [-0.4, -0.2) is 188 Å². The second kappa shape index (κ2) is 38.4. The average molecular weight is 730 g/mol. The SMILES string of the molecule is COCCOCCOCCOCCOCCOCCOCCOCCOCCOCCOCCOCCC(=O)C[C@@H](C)C(=O)N[C@H](C)C(=O)O. The summed E-state index contributed by atoms with van der Waals surface area (Å²) in [6.07, 6.45) is 0.200. The van der Waals surface area contributed by atoms with E-state index in [0.717, 1.165) is 0 Å². The number of ketones is 1. The zero-order valence-corrected chi connectivity index (χ0v) is 30.4. The predicted octanol–water partition coefficient (Wildman–Crippen LogP) is 0.390. The van der Waals surface area contributed by atoms with E-state index in [0.29, 0.717) is 145 Å². The summed E-state index contributed by atoms with van der Waals surface area (Å²) in [5, 5.41) is 11.2. The summed E-state index contributed by atoms with van der Waals surface area (Å²) >= 11 is 0. The molecule has 0 aromatic heterocycles. The van der Waals surface area contributed by atoms with Gasteiger partial charge in [0.05, 0.1) is 152 Å². The van der Waals surface area contributed by atoms with Crippen LogP contribution >= 0.6 is 0 Å². The molecule has 296 valence electrons. The van der Waals surface area contributed by atoms with Gasteiger partial charge >= 0.3 is 5.97 Å². The largest absolute Gasteiger partial charge is 0.480 e. The highest BCUT2D eigenvalue weighted by Crippen LogP contribution is 2.06. The molecule has 2 N–H and O–H groups in total. The van der Waals surface area contributed by atoms with Crippen LogP contribution in [0.15, 0.2) is 0 Å². The summed E-state index contributed by atoms with van der Waals surface area (Å²) < 4.78 is 64.5. The Kier molecular flexibility index (Phi) is 36.9. The van der Waals surface area contributed by atoms with E-state index >= 15 is 0 Å². The molecule has 17 heteroatoms. The zero-order chi connectivity index (χ0) is 36.8. The number of carbonyl (C=O) groups is 3. The molecule has 0 heterocycles. The molecule has 50 heavy (non-hydrogen) atoms. The number of amides is 1. The quantitative estimate of drug-likeness (QED) is 0.0820. The lowest BCUT2D eigenvalue weighted by Gasteiger charge is -2.14. The number of carboxylic acids is 1. The summed E-state index contributed by atoms with van der Waals surface area (Å²) in [5.74, 6) is -2.33. The lowest BCUT2D eigenvalue weighted by molar-refractivity contribution is -0.142. The Labute approximate surface area is 297 Å². The monoisotopic (exact) mass is 729 g/mol. The first-order valence-corrected chi connectivity index (χ1v) is 17.3. The molecule has 1 amide bonds. The third-order valence-electron chi connectivity index (χ3n) is 6.39. The second-order valence-corrected chi connectivity index (χ2v) is 10.7. The number of aliphatic carboxylic acids is 1. The molecule has 2 atom stereocenters. The maximum atomic E-state index is 12.0. The van der Waals surface area contributed by atoms with Gasteiger partial charge < -0.3 is 67.3 Å². The van der Waals surface area contributed by atoms with Crippen LogP contribution in [-0.2, 0) is 71.2 Å². The van der Waals surface area contributed by atoms with Crippen molar-refractivity contribution >= 4 is 17.7 Å². The Hall–Kier alpha value is -1.87. The van der Waals surface area contributed by atoms with E-state index < -0.39 is 23.8 Å². The molecule has 0 saturated carbocycles. The first-order chi connectivity index (χ1) is 24.4. The molecule has 0 bridgehead atoms. The van der Waals surface area contributed by atoms with Crippen LogP contribution in [0.5, 0.6) is 0 Å². The van der Waals surface area contributed by atoms with Gasteiger partial charge in [-0.2, -0.15) is 0 Å². The van der Waals surface area contributed by atoms with E-state index in [1.165, 1.54) is 6.92 Å². The minimum atomic E-state index is -1.13. The molecule has 0 aliphatic heterocycles. The maximum absolute atomic E-state index is 12.0. The Morgan fingerprint density at radius 1 is 0.460 bits per heavy atom. The number of ether oxygens (including phenoxy) is 12. The number of methoxy groups -OCH3 is 1. The standard InChI is InChI=1S/C33H63NO16/c1-29(32(36)34-30(2)33(37)38)28-31(35)4-5-40-8-9-42-12-13-44-16-17-46-20-21-48-24-25-50-27-26-49-23-22-47-19-18-45-15-14-43-11-10-41-7-6-39-3/h29-30H,4-28H2,1-3H3,(H,34,36)(H,37,38)/t29-,30-/m1/s1. The summed E-state index contributed by atoms with van der Waals surface area (Å²) in [6.45, 7) is 13.7. The molecule has 0 aromatic rings. The van der Waals surface area contributed by atoms with Gasteiger partial charge in [-0.15, -0.1) is 0 Å². The summed E-state index contributed by atoms with van der Waals surface area (Å²) in [4.78, 5) is 34.7. The van der Waals surface area contributed by atoms with Crippen molar-refractivity contribution < 1.29 is 76.3 Å². The lowest BCUT2D eigenvalue weighted by atomic mass is 10.0. The molecule has 0 rings (SSSR count). The van der Waals surface area contributed by atoms with Gasteiger partial charge in [-0.05, 0) is 6.92 Å². The van der Waals surface area contributed by atoms with Crippen molar-refractivity contribution in [3.8, 4) is 0 Å². The fourth-order valence-corrected chi connectivity index (χ4v) is 3.58. The van der Waals surface area contributed by atoms with Crippen LogP contribution in [0, 0.1) is 5.92 Å². The van der Waals surface area contributed by atoms with Crippen molar-refractivity contribution in [3.05, 3.63) is 0 Å². The normalized spacial score (nSPS) is 12.6. The Balaban J connectivity index is 3.22. The fourth-order valence-electron chi connectivity index (χ4n) is 3.58. The number of hydrogen-bond donors (Lipinski definition) is 2. The molecular formula is C33H63NO16. The first kappa shape index (κ1) is 48.1. The summed E-state index contributed by atoms with van der Waals surface area (Å²) in [6, 6.07) is -1.00. The van der Waals surface area contributed by atoms with Gasteiger partial charge in [0.2, 0.25) is 5.91 Å². The number of Topliss-reactive ketones (excluding diaryl/α,β-unsaturated/α-hetero) is 1. The molecule has 0 unspecified atom stereocenters. The molecular weight excluding hydrogens is 666 g/mol. The van der Waals surface area contributed by atoms with Crippen LogP contribution in [0.25, 0.3) is 0 Å². The molecule has 0 aliphatic rings. The van der Waals surface area contributed by atoms with E-state index in [1.54, 1.807) is 14.0 Å². The molecule has 0 fully saturated rings. The van der Waals surface area contributed by atoms with Crippen LogP contribution in [0.4, 0.5) is 0 Å². The Bertz CT molecular complexity index is 778. The van der Waals surface area contributed by atoms with Crippen molar-refractivity contribution in [2.45, 2.75) is 32.7 Å². The van der Waals surface area contributed by atoms with E-state index in [4.69, 9.17) is 61.9 Å². The highest BCUT2D eigenvalue weighted by atomic mass is 16.6. The second-order valence-electron chi connectivity index (χ2n) is 10.7. The predicted molar refractivity (Wildman–Crippen MR) is 180 cm³/mol. The average Bonchev–Trinajstić information content (AvgIpc) is 3.09. The van der Waals surface area contributed by atoms with Crippen LogP contribution in [0.1, 0.15) is 26.7 Å². The number of carbonyl (C=O) groups excluding carboxylic acids is 2. The van der Waals surface area contributed by atoms with Gasteiger partial charge in [0.25, 0.3) is 0 Å². The topological polar surface area (TPSA) is 194 Å². The van der Waals surface area contributed by atoms with Gasteiger partial charge in [-0.1, -0.05) is 6.92 Å². The van der Waals surface area contributed by atoms with E-state index in [-0.39, 0.29) is 25.2 Å². The molecule has 0 aromatic carbocycles. The minimum absolute atomic E-state index is 0.0283. The third-order valence-corrected chi connectivity index (χ3v) is 6.39. The van der Waals surface area contributed by atoms with Crippen LogP contribution < -0.4 is 5.32 Å². The Morgan fingerprint density at radius 3 is 0.980 bits per heavy atom. The van der Waals surface area contributed by atoms with E-state index in [9.17, 15) is 14.4 Å². The molecule has 0 aliphatic carbocycles. The van der Waals surface area contributed by atoms with Crippen molar-refractivity contribution in [1.29, 1.82) is 0 Å². The van der Waals surface area contributed by atoms with E-state index in [2.05, 4.69) is 5.32 Å². The van der Waals surface area contributed by atoms with Crippen molar-refractivity contribution in [2.75, 3.05) is 159 Å². The summed E-state index contributed by atoms with van der Waals surface area (Å²) in [7, 11) is 1.64. The molecule has 0 spiro atoms. The van der Waals surface area contributed by atoms with Crippen molar-refractivity contribution in [1.82, 2.24) is 5.32 Å². The highest BCUT2D eigenvalue weighted by Gasteiger charge is 2.21. The van der Waals surface area contributed by atoms with Crippen molar-refractivity contribution in [3.63, 3.8) is 0 Å². The molecule has 0 saturated heterocycles. The van der Waals surface area contributed by atoms with Gasteiger partial charge in [0.1, 0.15) is 11.8 Å². The minimum Gasteiger partial charge on any atom is -0.480 e. The summed E-state index contributed by atoms with van der Waals surface area (Å²) in [5.41, 5.74) is 0. The third kappa shape index (κ3) is 35.9. The van der Waals surface area contributed by atoms with E-state index in [1.807, 2.05) is 0 Å². The number of carboxylic acid groups (broad SMARTS) is 1. The van der Waals surface area contributed by atoms with Gasteiger partial charge in [0.15, 0.2) is 0 Å². The fraction of sp³-hybridized carbons (Fsp3) is 0.909. The zero-order valence-electron chi connectivity index (χ0n) is 30.4. The van der Waals surface area contributed by atoms with Crippen LogP contribution in [0.3, 0.4) is 0 Å². The number of rotatable bonds is 41. The molecule has 17 nitrogen and oxygen atoms in total. The van der Waals surface area contributed by atoms with Crippen molar-refractivity contribution in [2.24, 2.45) is 5.92 Å².